The average molecular weight is 1790 g/mol. The maximum absolute atomic E-state index is 14.0. The summed E-state index contributed by atoms with van der Waals surface area (Å²) in [5.41, 5.74) is 3.23. The highest BCUT2D eigenvalue weighted by molar-refractivity contribution is 5.84. The first kappa shape index (κ1) is 99.0. The number of nitrogens with one attached hydrogen (secondary N) is 5. The summed E-state index contributed by atoms with van der Waals surface area (Å²) in [6.45, 7) is -4.58. The first-order chi connectivity index (χ1) is 58.6. The van der Waals surface area contributed by atoms with Gasteiger partial charge in [0, 0.05) is 53.4 Å². The monoisotopic (exact) mass is 1790 g/mol. The summed E-state index contributed by atoms with van der Waals surface area (Å²) in [6, 6.07) is 4.67. The van der Waals surface area contributed by atoms with Gasteiger partial charge in [-0.3, -0.25) is 24.0 Å². The summed E-state index contributed by atoms with van der Waals surface area (Å²) in [7, 11) is 0. The highest BCUT2D eigenvalue weighted by Gasteiger charge is 2.64. The molecule has 50 nitrogen and oxygen atoms in total. The number of carboxylic acid groups (broad SMARTS) is 2. The number of ketones is 1. The first-order valence-corrected chi connectivity index (χ1v) is 39.2. The summed E-state index contributed by atoms with van der Waals surface area (Å²) in [4.78, 5) is 106. The fraction of sp³-hybridized carbons (Fsp3) is 0.730. The Morgan fingerprint density at radius 2 is 0.871 bits per heavy atom. The summed E-state index contributed by atoms with van der Waals surface area (Å²) in [6.07, 6.45) is -75.1. The molecule has 7 fully saturated rings. The van der Waals surface area contributed by atoms with Crippen LogP contribution in [0.25, 0.3) is 11.1 Å². The molecule has 0 radical (unpaired) electrons. The van der Waals surface area contributed by atoms with E-state index in [1.807, 2.05) is 24.3 Å². The van der Waals surface area contributed by atoms with E-state index in [4.69, 9.17) is 71.1 Å². The van der Waals surface area contributed by atoms with Crippen LogP contribution >= 0.6 is 0 Å². The average Bonchev–Trinajstić information content (AvgIpc) is 1.63. The molecule has 1 aliphatic carbocycles. The lowest BCUT2D eigenvalue weighted by Gasteiger charge is -2.52. The minimum atomic E-state index is -3.38. The molecule has 0 bridgehead atoms. The number of amides is 5. The van der Waals surface area contributed by atoms with Gasteiger partial charge in [0.2, 0.25) is 29.4 Å². The van der Waals surface area contributed by atoms with Gasteiger partial charge in [0.25, 0.3) is 5.79 Å². The third kappa shape index (κ3) is 21.7. The molecule has 0 saturated carbocycles. The Hall–Kier alpha value is -7.16. The predicted molar refractivity (Wildman–Crippen MR) is 394 cm³/mol. The second-order valence-electron chi connectivity index (χ2n) is 31.0. The molecule has 7 heterocycles. The van der Waals surface area contributed by atoms with Crippen LogP contribution in [0, 0.1) is 0 Å². The zero-order valence-corrected chi connectivity index (χ0v) is 66.8. The third-order valence-electron chi connectivity index (χ3n) is 22.3. The molecule has 10 unspecified atom stereocenters. The van der Waals surface area contributed by atoms with Crippen LogP contribution in [0.5, 0.6) is 0 Å². The van der Waals surface area contributed by atoms with Crippen LogP contribution in [-0.2, 0) is 105 Å². The van der Waals surface area contributed by atoms with Crippen LogP contribution in [0.1, 0.15) is 64.5 Å². The van der Waals surface area contributed by atoms with E-state index in [1.54, 1.807) is 24.3 Å². The number of benzene rings is 2. The highest BCUT2D eigenvalue weighted by atomic mass is 16.8. The van der Waals surface area contributed by atoms with Crippen molar-refractivity contribution in [1.82, 2.24) is 26.6 Å². The van der Waals surface area contributed by atoms with Gasteiger partial charge in [0.1, 0.15) is 159 Å². The van der Waals surface area contributed by atoms with Gasteiger partial charge in [-0.15, -0.1) is 0 Å². The second kappa shape index (κ2) is 42.4. The van der Waals surface area contributed by atoms with Crippen molar-refractivity contribution in [3.63, 3.8) is 0 Å². The molecule has 50 heteroatoms. The van der Waals surface area contributed by atoms with Gasteiger partial charge in [-0.2, -0.15) is 0 Å². The summed E-state index contributed by atoms with van der Waals surface area (Å²) in [5.74, 6) is -15.9. The number of hydrogen-bond acceptors (Lipinski definition) is 43. The van der Waals surface area contributed by atoms with Gasteiger partial charge in [-0.05, 0) is 22.3 Å². The lowest BCUT2D eigenvalue weighted by molar-refractivity contribution is -0.398. The van der Waals surface area contributed by atoms with Crippen molar-refractivity contribution in [1.29, 1.82) is 0 Å². The predicted octanol–water partition coefficient (Wildman–Crippen LogP) is -13.8. The van der Waals surface area contributed by atoms with Crippen molar-refractivity contribution in [2.75, 3.05) is 52.9 Å². The quantitative estimate of drug-likeness (QED) is 0.0305. The van der Waals surface area contributed by atoms with Crippen molar-refractivity contribution in [3.05, 3.63) is 59.7 Å². The van der Waals surface area contributed by atoms with Gasteiger partial charge in [0.05, 0.1) is 70.5 Å². The number of rotatable bonds is 35. The smallest absolute Gasteiger partial charge is 0.407 e. The lowest BCUT2D eigenvalue weighted by atomic mass is 9.87. The first-order valence-electron chi connectivity index (χ1n) is 39.2. The van der Waals surface area contributed by atoms with Crippen molar-refractivity contribution in [3.8, 4) is 11.1 Å². The standard InChI is InChI=1S/C74H107N5O45/c1-24(85)73(14-35(90)43(75-25(2)86)59(121-73)47(94)37(92)16-80)123-62-49(96)39(18-82)113-69(55(62)102)117-57-42(116-66(45(51(57)98)77-27(4)88)110-22-34(64(104)105)79-72(109)112-21-33-31-12-8-6-10-29(31)30-11-7-9-13-32(30)33)23-111-67-46(78-28(5)89)61(119-68-54(101)52(99)53(100)65(106)120-68)58(41(20-84)115-67)118-70-56(103)63(50(97)40(19-83)114-70)124-74(71(107)108)15-36(91)44(76-26(3)87)60(122-74)48(95)38(93)17-81/h6-13,33-63,65-70,80-84,90-103,106H,14-23H2,1-5H3,(H,75,86)(H,76,87)(H,77,88)(H,78,89)(H,79,109)(H,104,105)(H,107,108)/t34?,35-,36-,37?,38?,39+,40+,41+,42+,43+,44+,45+,46+,47?,48?,49-,50-,51+,52+,53-,54-,55+,56+,57?,58+,59-,60+,61+,62?,63-,65+,66+,67?,68?,69-,70?,73-,74-/m0/s1. The summed E-state index contributed by atoms with van der Waals surface area (Å²) < 4.78 is 90.1. The van der Waals surface area contributed by atoms with E-state index in [1.165, 1.54) is 0 Å². The molecule has 27 N–H and O–H groups in total. The molecule has 2 aromatic rings. The minimum absolute atomic E-state index is 0.330. The van der Waals surface area contributed by atoms with E-state index in [9.17, 15) is 151 Å². The molecule has 2 aromatic carbocycles. The number of alkyl carbamates (subject to hydrolysis) is 1. The minimum Gasteiger partial charge on any atom is -0.480 e. The van der Waals surface area contributed by atoms with Crippen LogP contribution in [0.4, 0.5) is 4.79 Å². The van der Waals surface area contributed by atoms with Gasteiger partial charge < -0.3 is 210 Å². The molecule has 5 amide bonds. The van der Waals surface area contributed by atoms with Crippen LogP contribution < -0.4 is 26.6 Å². The number of hydrogen-bond donors (Lipinski definition) is 27. The fourth-order valence-corrected chi connectivity index (χ4v) is 16.1. The molecule has 0 spiro atoms. The molecule has 38 atom stereocenters. The molecule has 8 aliphatic rings. The molecule has 10 rings (SSSR count). The van der Waals surface area contributed by atoms with Crippen molar-refractivity contribution in [2.45, 2.75) is 286 Å². The van der Waals surface area contributed by atoms with Gasteiger partial charge in [0.15, 0.2) is 49.6 Å². The molecular formula is C74H107N5O45. The van der Waals surface area contributed by atoms with E-state index in [0.29, 0.717) is 0 Å². The molecular weight excluding hydrogens is 1680 g/mol. The van der Waals surface area contributed by atoms with E-state index in [-0.39, 0.29) is 6.61 Å². The Morgan fingerprint density at radius 1 is 0.444 bits per heavy atom. The van der Waals surface area contributed by atoms with E-state index < -0.39 is 345 Å². The Kier molecular flexibility index (Phi) is 33.8. The Morgan fingerprint density at radius 3 is 1.35 bits per heavy atom. The fourth-order valence-electron chi connectivity index (χ4n) is 16.1. The largest absolute Gasteiger partial charge is 0.480 e. The van der Waals surface area contributed by atoms with E-state index >= 15 is 0 Å². The SMILES string of the molecule is CC(=O)N[C@@H]1[C@@H](O)C[C@](O[C@H]2[C@@H](O)[C@@H](CO)OC(O[C@H]3[C@H](OC4O[C@@H](O)[C@@H](O)[C@@H](O)[C@@H]4O)[C@@H](NC(C)=O)C(OC[C@H]4O[C@@H](OCC(NC(=O)OCC5c6ccccc6-c6ccccc65)C(=O)O)[C@H](NC(C)=O)[C@@H](O)C4O[C@@H]4O[C@H](CO)[C@H](O)C(O[C@]5(C(C)=O)C[C@H](O)[C@@H](NC(C)=O)[C@@H](C(O)C(O)CO)O5)[C@H]4O)O[C@@H]3CO)[C@@H]2O)(C(=O)O)O[C@H]1C(O)C(O)CO. The van der Waals surface area contributed by atoms with E-state index in [0.717, 1.165) is 56.9 Å². The lowest BCUT2D eigenvalue weighted by Crippen LogP contribution is -2.72. The zero-order valence-electron chi connectivity index (χ0n) is 66.8. The topological polar surface area (TPSA) is 780 Å². The number of aliphatic hydroxyl groups is 20. The highest BCUT2D eigenvalue weighted by Crippen LogP contribution is 2.46. The Balaban J connectivity index is 1.01. The van der Waals surface area contributed by atoms with Crippen molar-refractivity contribution < 1.29 is 222 Å². The van der Waals surface area contributed by atoms with E-state index in [2.05, 4.69) is 26.6 Å². The maximum atomic E-state index is 14.0. The summed E-state index contributed by atoms with van der Waals surface area (Å²) >= 11 is 0. The van der Waals surface area contributed by atoms with Crippen LogP contribution in [-0.4, -0.2) is 445 Å². The molecule has 7 saturated heterocycles. The number of aliphatic carboxylic acids is 2. The normalized spacial score (nSPS) is 39.3. The molecule has 0 aromatic heterocycles. The Labute approximate surface area is 702 Å². The third-order valence-corrected chi connectivity index (χ3v) is 22.3. The van der Waals surface area contributed by atoms with Gasteiger partial charge in [-0.1, -0.05) is 48.5 Å². The number of fused-ring (bicyclic) bond motifs is 3. The number of Topliss-reactive ketones (excluding diaryl/α,β-unsaturated/α-hetero) is 1. The summed E-state index contributed by atoms with van der Waals surface area (Å²) in [5, 5.41) is 257. The van der Waals surface area contributed by atoms with Gasteiger partial charge >= 0.3 is 18.0 Å². The number of carboxylic acids is 2. The molecule has 124 heavy (non-hydrogen) atoms. The second-order valence-corrected chi connectivity index (χ2v) is 31.0. The zero-order chi connectivity index (χ0) is 91.2. The number of ether oxygens (including phenoxy) is 15. The van der Waals surface area contributed by atoms with Crippen LogP contribution in [0.15, 0.2) is 48.5 Å². The number of carbonyl (C=O) groups excluding carboxylic acids is 6. The van der Waals surface area contributed by atoms with Gasteiger partial charge in [-0.25, -0.2) is 14.4 Å². The number of aliphatic hydroxyl groups excluding tert-OH is 20. The molecule has 698 valence electrons. The van der Waals surface area contributed by atoms with Crippen molar-refractivity contribution >= 4 is 47.4 Å². The maximum Gasteiger partial charge on any atom is 0.407 e. The van der Waals surface area contributed by atoms with Crippen LogP contribution in [0.2, 0.25) is 0 Å². The number of carbonyl (C=O) groups is 8. The van der Waals surface area contributed by atoms with Crippen LogP contribution in [0.3, 0.4) is 0 Å². The Bertz CT molecular complexity index is 3910. The molecule has 7 aliphatic heterocycles. The van der Waals surface area contributed by atoms with Crippen molar-refractivity contribution in [2.24, 2.45) is 0 Å².